The Bertz CT molecular complexity index is 577. The number of nitrogens with zero attached hydrogens (tertiary/aromatic N) is 3. The number of rotatable bonds is 4. The summed E-state index contributed by atoms with van der Waals surface area (Å²) in [5.41, 5.74) is 0. The van der Waals surface area contributed by atoms with Gasteiger partial charge < -0.3 is 14.3 Å². The molecule has 0 saturated heterocycles. The minimum atomic E-state index is 0.178. The van der Waals surface area contributed by atoms with E-state index in [4.69, 9.17) is 4.42 Å². The zero-order valence-corrected chi connectivity index (χ0v) is 13.8. The number of halogens is 1. The molecule has 0 radical (unpaired) electrons. The van der Waals surface area contributed by atoms with Crippen LogP contribution in [0.3, 0.4) is 0 Å². The topological polar surface area (TPSA) is 55.9 Å². The summed E-state index contributed by atoms with van der Waals surface area (Å²) in [5.74, 6) is 3.14. The van der Waals surface area contributed by atoms with Crippen molar-refractivity contribution in [1.82, 2.24) is 20.1 Å². The number of nitrogens with one attached hydrogen (secondary N) is 1. The summed E-state index contributed by atoms with van der Waals surface area (Å²) >= 11 is 2.18. The smallest absolute Gasteiger partial charge is 0.164 e. The second-order valence-corrected chi connectivity index (χ2v) is 6.31. The van der Waals surface area contributed by atoms with Gasteiger partial charge in [0.15, 0.2) is 3.77 Å². The van der Waals surface area contributed by atoms with Gasteiger partial charge in [-0.1, -0.05) is 6.42 Å². The van der Waals surface area contributed by atoms with Crippen molar-refractivity contribution in [2.24, 2.45) is 0 Å². The van der Waals surface area contributed by atoms with Crippen LogP contribution in [-0.2, 0) is 19.5 Å². The summed E-state index contributed by atoms with van der Waals surface area (Å²) in [7, 11) is 0. The quantitative estimate of drug-likeness (QED) is 0.821. The van der Waals surface area contributed by atoms with Crippen molar-refractivity contribution in [3.63, 3.8) is 0 Å². The van der Waals surface area contributed by atoms with E-state index in [1.807, 2.05) is 12.1 Å². The predicted molar refractivity (Wildman–Crippen MR) is 84.3 cm³/mol. The molecule has 1 atom stereocenters. The molecule has 0 fully saturated rings. The highest BCUT2D eigenvalue weighted by Gasteiger charge is 2.19. The maximum Gasteiger partial charge on any atom is 0.164 e. The lowest BCUT2D eigenvalue weighted by Crippen LogP contribution is -2.22. The number of aromatic nitrogens is 3. The summed E-state index contributed by atoms with van der Waals surface area (Å²) in [6.45, 7) is 3.89. The molecule has 1 aliphatic rings. The Hall–Kier alpha value is -0.890. The first-order valence-corrected chi connectivity index (χ1v) is 8.21. The van der Waals surface area contributed by atoms with E-state index in [1.54, 1.807) is 0 Å². The van der Waals surface area contributed by atoms with Crippen LogP contribution in [0.15, 0.2) is 16.5 Å². The van der Waals surface area contributed by atoms with Crippen LogP contribution < -0.4 is 5.32 Å². The van der Waals surface area contributed by atoms with E-state index in [1.165, 1.54) is 19.3 Å². The van der Waals surface area contributed by atoms with E-state index < -0.39 is 0 Å². The highest BCUT2D eigenvalue weighted by Crippen LogP contribution is 2.19. The van der Waals surface area contributed by atoms with Crippen molar-refractivity contribution in [2.75, 3.05) is 0 Å². The molecule has 1 aliphatic heterocycles. The first-order chi connectivity index (χ1) is 9.74. The molecule has 0 aromatic carbocycles. The van der Waals surface area contributed by atoms with E-state index in [-0.39, 0.29) is 6.04 Å². The average Bonchev–Trinajstić information content (AvgIpc) is 2.96. The van der Waals surface area contributed by atoms with Gasteiger partial charge in [-0.2, -0.15) is 0 Å². The van der Waals surface area contributed by atoms with Crippen LogP contribution in [0.5, 0.6) is 0 Å². The summed E-state index contributed by atoms with van der Waals surface area (Å²) in [4.78, 5) is 0. The number of hydrogen-bond donors (Lipinski definition) is 1. The Kier molecular flexibility index (Phi) is 4.40. The molecule has 0 spiro atoms. The fraction of sp³-hybridized carbons (Fsp3) is 0.571. The van der Waals surface area contributed by atoms with Gasteiger partial charge in [0.1, 0.15) is 17.4 Å². The Morgan fingerprint density at radius 3 is 3.05 bits per heavy atom. The molecule has 2 aromatic heterocycles. The molecule has 0 amide bonds. The van der Waals surface area contributed by atoms with Crippen LogP contribution in [-0.4, -0.2) is 14.8 Å². The van der Waals surface area contributed by atoms with E-state index >= 15 is 0 Å². The van der Waals surface area contributed by atoms with Crippen molar-refractivity contribution in [3.05, 3.63) is 33.3 Å². The fourth-order valence-electron chi connectivity index (χ4n) is 2.62. The number of hydrogen-bond acceptors (Lipinski definition) is 4. The normalized spacial score (nSPS) is 16.7. The van der Waals surface area contributed by atoms with Crippen molar-refractivity contribution in [3.8, 4) is 0 Å². The minimum absolute atomic E-state index is 0.178. The van der Waals surface area contributed by atoms with E-state index in [9.17, 15) is 0 Å². The SMILES string of the molecule is CC(NCc1ccc(I)o1)c1nnc2n1CCCCC2. The van der Waals surface area contributed by atoms with Crippen molar-refractivity contribution < 1.29 is 4.42 Å². The van der Waals surface area contributed by atoms with Gasteiger partial charge in [0.2, 0.25) is 0 Å². The number of furan rings is 1. The third-order valence-corrected chi connectivity index (χ3v) is 4.32. The van der Waals surface area contributed by atoms with Gasteiger partial charge in [0.05, 0.1) is 12.6 Å². The molecular formula is C14H19IN4O. The van der Waals surface area contributed by atoms with E-state index in [0.29, 0.717) is 6.54 Å². The van der Waals surface area contributed by atoms with Crippen molar-refractivity contribution >= 4 is 22.6 Å². The van der Waals surface area contributed by atoms with Crippen LogP contribution in [0, 0.1) is 3.77 Å². The lowest BCUT2D eigenvalue weighted by atomic mass is 10.2. The summed E-state index contributed by atoms with van der Waals surface area (Å²) in [6, 6.07) is 4.16. The fourth-order valence-corrected chi connectivity index (χ4v) is 3.08. The minimum Gasteiger partial charge on any atom is -0.454 e. The van der Waals surface area contributed by atoms with Gasteiger partial charge in [-0.05, 0) is 54.5 Å². The zero-order chi connectivity index (χ0) is 13.9. The monoisotopic (exact) mass is 386 g/mol. The largest absolute Gasteiger partial charge is 0.454 e. The van der Waals surface area contributed by atoms with E-state index in [0.717, 1.165) is 34.1 Å². The first kappa shape index (κ1) is 14.1. The highest BCUT2D eigenvalue weighted by molar-refractivity contribution is 14.1. The molecule has 2 aromatic rings. The van der Waals surface area contributed by atoms with Gasteiger partial charge in [-0.3, -0.25) is 0 Å². The number of fused-ring (bicyclic) bond motifs is 1. The predicted octanol–water partition coefficient (Wildman–Crippen LogP) is 3.05. The summed E-state index contributed by atoms with van der Waals surface area (Å²) in [5, 5.41) is 12.2. The standard InChI is InChI=1S/C14H19IN4O/c1-10(16-9-11-6-7-12(15)20-11)14-18-17-13-5-3-2-4-8-19(13)14/h6-7,10,16H,2-5,8-9H2,1H3. The average molecular weight is 386 g/mol. The maximum atomic E-state index is 5.57. The lowest BCUT2D eigenvalue weighted by molar-refractivity contribution is 0.431. The van der Waals surface area contributed by atoms with Crippen LogP contribution >= 0.6 is 22.6 Å². The zero-order valence-electron chi connectivity index (χ0n) is 11.6. The molecule has 1 unspecified atom stereocenters. The van der Waals surface area contributed by atoms with E-state index in [2.05, 4.69) is 49.6 Å². The Labute approximate surface area is 132 Å². The Morgan fingerprint density at radius 1 is 1.35 bits per heavy atom. The molecule has 5 nitrogen and oxygen atoms in total. The van der Waals surface area contributed by atoms with Gasteiger partial charge in [0, 0.05) is 13.0 Å². The first-order valence-electron chi connectivity index (χ1n) is 7.13. The molecule has 20 heavy (non-hydrogen) atoms. The third kappa shape index (κ3) is 3.06. The van der Waals surface area contributed by atoms with Gasteiger partial charge >= 0.3 is 0 Å². The number of aryl methyl sites for hydroxylation is 1. The van der Waals surface area contributed by atoms with Crippen molar-refractivity contribution in [2.45, 2.75) is 51.7 Å². The molecule has 3 rings (SSSR count). The summed E-state index contributed by atoms with van der Waals surface area (Å²) < 4.78 is 8.77. The third-order valence-electron chi connectivity index (χ3n) is 3.74. The second-order valence-electron chi connectivity index (χ2n) is 5.25. The summed E-state index contributed by atoms with van der Waals surface area (Å²) in [6.07, 6.45) is 4.79. The van der Waals surface area contributed by atoms with Crippen LogP contribution in [0.25, 0.3) is 0 Å². The molecule has 0 saturated carbocycles. The van der Waals surface area contributed by atoms with Crippen LogP contribution in [0.1, 0.15) is 49.6 Å². The van der Waals surface area contributed by atoms with Gasteiger partial charge in [-0.15, -0.1) is 10.2 Å². The van der Waals surface area contributed by atoms with Crippen LogP contribution in [0.2, 0.25) is 0 Å². The molecule has 0 aliphatic carbocycles. The molecule has 0 bridgehead atoms. The maximum absolute atomic E-state index is 5.57. The Morgan fingerprint density at radius 2 is 2.25 bits per heavy atom. The molecule has 1 N–H and O–H groups in total. The highest BCUT2D eigenvalue weighted by atomic mass is 127. The molecule has 3 heterocycles. The molecular weight excluding hydrogens is 367 g/mol. The molecule has 6 heteroatoms. The van der Waals surface area contributed by atoms with Gasteiger partial charge in [0.25, 0.3) is 0 Å². The van der Waals surface area contributed by atoms with Crippen molar-refractivity contribution in [1.29, 1.82) is 0 Å². The lowest BCUT2D eigenvalue weighted by Gasteiger charge is -2.14. The van der Waals surface area contributed by atoms with Crippen LogP contribution in [0.4, 0.5) is 0 Å². The second kappa shape index (κ2) is 6.26. The Balaban J connectivity index is 1.68. The van der Waals surface area contributed by atoms with Gasteiger partial charge in [-0.25, -0.2) is 0 Å². The molecule has 108 valence electrons.